The van der Waals surface area contributed by atoms with Gasteiger partial charge >= 0.3 is 5.97 Å². The van der Waals surface area contributed by atoms with Crippen molar-refractivity contribution in [2.75, 3.05) is 0 Å². The summed E-state index contributed by atoms with van der Waals surface area (Å²) in [5.41, 5.74) is 0.743. The Morgan fingerprint density at radius 3 is 2.38 bits per heavy atom. The minimum absolute atomic E-state index is 0.108. The van der Waals surface area contributed by atoms with Gasteiger partial charge in [0.1, 0.15) is 6.10 Å². The molecule has 3 saturated carbocycles. The van der Waals surface area contributed by atoms with Crippen LogP contribution in [0.15, 0.2) is 23.3 Å². The number of aliphatic hydroxyl groups is 1. The van der Waals surface area contributed by atoms with E-state index in [9.17, 15) is 14.7 Å². The Labute approximate surface area is 192 Å². The van der Waals surface area contributed by atoms with Gasteiger partial charge in [-0.15, -0.1) is 0 Å². The SMILES string of the molecule is CC1=C[C@@H]2C(=O)[C@]3(C=C(C)[C@H](OC(=O)C4(C)CCCCC4)[C@H]3[C@@H]1O)[C@H](C)C[C@@H]1[C@H]2C1(C)C. The molecule has 1 spiro atoms. The van der Waals surface area contributed by atoms with E-state index in [0.29, 0.717) is 11.8 Å². The fraction of sp³-hybridized carbons (Fsp3) is 0.786. The third-order valence-corrected chi connectivity index (χ3v) is 10.4. The number of allylic oxidation sites excluding steroid dienone is 2. The minimum atomic E-state index is -0.782. The molecular formula is C28H40O4. The molecule has 0 saturated heterocycles. The predicted octanol–water partition coefficient (Wildman–Crippen LogP) is 5.25. The Bertz CT molecular complexity index is 904. The van der Waals surface area contributed by atoms with Crippen molar-refractivity contribution in [1.82, 2.24) is 0 Å². The highest BCUT2D eigenvalue weighted by molar-refractivity contribution is 5.94. The Morgan fingerprint density at radius 1 is 1.06 bits per heavy atom. The second-order valence-corrected chi connectivity index (χ2v) is 12.6. The standard InChI is InChI=1S/C28H40O4/c1-15-12-18-20-19(26(20,4)5)13-17(3)28(24(18)30)14-16(2)23(21(28)22(15)29)32-25(31)27(6)10-8-7-9-11-27/h12,14,17-23,29H,7-11,13H2,1-6H3/t17-,18+,19-,20+,21-,22-,23+,28-/m1/s1. The van der Waals surface area contributed by atoms with E-state index in [1.165, 1.54) is 6.42 Å². The number of aliphatic hydroxyl groups excluding tert-OH is 1. The lowest BCUT2D eigenvalue weighted by Crippen LogP contribution is -2.51. The third kappa shape index (κ3) is 2.83. The zero-order chi connectivity index (χ0) is 23.2. The van der Waals surface area contributed by atoms with Crippen LogP contribution in [0.1, 0.15) is 80.1 Å². The number of esters is 1. The maximum absolute atomic E-state index is 14.3. The number of rotatable bonds is 2. The van der Waals surface area contributed by atoms with Gasteiger partial charge in [-0.3, -0.25) is 9.59 Å². The number of carbonyl (C=O) groups is 2. The first-order valence-electron chi connectivity index (χ1n) is 12.8. The topological polar surface area (TPSA) is 63.6 Å². The van der Waals surface area contributed by atoms with Crippen molar-refractivity contribution in [2.45, 2.75) is 92.3 Å². The number of carbonyl (C=O) groups excluding carboxylic acids is 2. The molecule has 5 aliphatic carbocycles. The molecule has 0 aromatic rings. The van der Waals surface area contributed by atoms with E-state index in [-0.39, 0.29) is 29.0 Å². The second kappa shape index (κ2) is 7.04. The molecule has 5 rings (SSSR count). The van der Waals surface area contributed by atoms with Gasteiger partial charge < -0.3 is 9.84 Å². The van der Waals surface area contributed by atoms with Gasteiger partial charge in [0.25, 0.3) is 0 Å². The molecule has 0 aromatic carbocycles. The van der Waals surface area contributed by atoms with Crippen LogP contribution in [0.3, 0.4) is 0 Å². The van der Waals surface area contributed by atoms with Crippen LogP contribution in [-0.2, 0) is 14.3 Å². The van der Waals surface area contributed by atoms with Crippen molar-refractivity contribution in [3.63, 3.8) is 0 Å². The van der Waals surface area contributed by atoms with Crippen molar-refractivity contribution in [3.8, 4) is 0 Å². The molecule has 32 heavy (non-hydrogen) atoms. The number of fused-ring (bicyclic) bond motifs is 3. The van der Waals surface area contributed by atoms with E-state index < -0.39 is 29.0 Å². The average Bonchev–Trinajstić information content (AvgIpc) is 3.18. The highest BCUT2D eigenvalue weighted by Gasteiger charge is 2.71. The monoisotopic (exact) mass is 440 g/mol. The lowest BCUT2D eigenvalue weighted by molar-refractivity contribution is -0.168. The largest absolute Gasteiger partial charge is 0.457 e. The maximum Gasteiger partial charge on any atom is 0.312 e. The molecule has 0 heterocycles. The molecular weight excluding hydrogens is 400 g/mol. The van der Waals surface area contributed by atoms with Crippen LogP contribution < -0.4 is 0 Å². The Balaban J connectivity index is 1.54. The van der Waals surface area contributed by atoms with Crippen LogP contribution in [0.25, 0.3) is 0 Å². The van der Waals surface area contributed by atoms with E-state index >= 15 is 0 Å². The molecule has 1 N–H and O–H groups in total. The summed E-state index contributed by atoms with van der Waals surface area (Å²) in [6.07, 6.45) is 8.82. The summed E-state index contributed by atoms with van der Waals surface area (Å²) in [4.78, 5) is 27.7. The van der Waals surface area contributed by atoms with Crippen LogP contribution in [0.5, 0.6) is 0 Å². The van der Waals surface area contributed by atoms with E-state index in [2.05, 4.69) is 32.9 Å². The zero-order valence-corrected chi connectivity index (χ0v) is 20.6. The summed E-state index contributed by atoms with van der Waals surface area (Å²) in [7, 11) is 0. The Morgan fingerprint density at radius 2 is 1.72 bits per heavy atom. The lowest BCUT2D eigenvalue weighted by atomic mass is 9.61. The maximum atomic E-state index is 14.3. The number of Topliss-reactive ketones (excluding diaryl/α,β-unsaturated/α-hetero) is 1. The van der Waals surface area contributed by atoms with Crippen molar-refractivity contribution in [2.24, 2.45) is 45.8 Å². The van der Waals surface area contributed by atoms with E-state index in [1.54, 1.807) is 0 Å². The molecule has 0 aromatic heterocycles. The molecule has 4 heteroatoms. The average molecular weight is 441 g/mol. The summed E-state index contributed by atoms with van der Waals surface area (Å²) >= 11 is 0. The third-order valence-electron chi connectivity index (χ3n) is 10.4. The molecule has 5 aliphatic rings. The van der Waals surface area contributed by atoms with Crippen LogP contribution in [0.2, 0.25) is 0 Å². The minimum Gasteiger partial charge on any atom is -0.457 e. The fourth-order valence-electron chi connectivity index (χ4n) is 8.25. The first kappa shape index (κ1) is 22.4. The number of hydrogen-bond donors (Lipinski definition) is 1. The molecule has 0 unspecified atom stereocenters. The van der Waals surface area contributed by atoms with Crippen molar-refractivity contribution in [1.29, 1.82) is 0 Å². The summed E-state index contributed by atoms with van der Waals surface area (Å²) in [5, 5.41) is 11.6. The number of hydrogen-bond acceptors (Lipinski definition) is 4. The van der Waals surface area contributed by atoms with Gasteiger partial charge in [0, 0.05) is 11.8 Å². The second-order valence-electron chi connectivity index (χ2n) is 12.6. The van der Waals surface area contributed by atoms with Crippen molar-refractivity contribution >= 4 is 11.8 Å². The van der Waals surface area contributed by atoms with Gasteiger partial charge in [-0.1, -0.05) is 52.2 Å². The lowest BCUT2D eigenvalue weighted by Gasteiger charge is -2.43. The van der Waals surface area contributed by atoms with Gasteiger partial charge in [0.15, 0.2) is 5.78 Å². The quantitative estimate of drug-likeness (QED) is 0.471. The van der Waals surface area contributed by atoms with Crippen LogP contribution in [0, 0.1) is 45.8 Å². The van der Waals surface area contributed by atoms with Crippen molar-refractivity contribution < 1.29 is 19.4 Å². The molecule has 0 amide bonds. The van der Waals surface area contributed by atoms with Crippen LogP contribution >= 0.6 is 0 Å². The fourth-order valence-corrected chi connectivity index (χ4v) is 8.25. The smallest absolute Gasteiger partial charge is 0.312 e. The first-order valence-corrected chi connectivity index (χ1v) is 12.8. The highest BCUT2D eigenvalue weighted by Crippen LogP contribution is 2.71. The summed E-state index contributed by atoms with van der Waals surface area (Å²) < 4.78 is 6.27. The van der Waals surface area contributed by atoms with Gasteiger partial charge in [-0.05, 0) is 74.3 Å². The van der Waals surface area contributed by atoms with Crippen LogP contribution in [-0.4, -0.2) is 29.1 Å². The number of ketones is 1. The first-order chi connectivity index (χ1) is 14.9. The summed E-state index contributed by atoms with van der Waals surface area (Å²) in [6, 6.07) is 0. The van der Waals surface area contributed by atoms with Crippen LogP contribution in [0.4, 0.5) is 0 Å². The Hall–Kier alpha value is -1.42. The number of ether oxygens (including phenoxy) is 1. The van der Waals surface area contributed by atoms with E-state index in [0.717, 1.165) is 43.3 Å². The molecule has 4 nitrogen and oxygen atoms in total. The molecule has 8 atom stereocenters. The Kier molecular flexibility index (Phi) is 4.92. The van der Waals surface area contributed by atoms with E-state index in [1.807, 2.05) is 20.8 Å². The molecule has 2 bridgehead atoms. The predicted molar refractivity (Wildman–Crippen MR) is 124 cm³/mol. The van der Waals surface area contributed by atoms with Gasteiger partial charge in [0.2, 0.25) is 0 Å². The summed E-state index contributed by atoms with van der Waals surface area (Å²) in [6.45, 7) is 12.7. The summed E-state index contributed by atoms with van der Waals surface area (Å²) in [5.74, 6) is 0.482. The highest BCUT2D eigenvalue weighted by atomic mass is 16.5. The molecule has 176 valence electrons. The van der Waals surface area contributed by atoms with E-state index in [4.69, 9.17) is 4.74 Å². The molecule has 0 radical (unpaired) electrons. The molecule has 0 aliphatic heterocycles. The van der Waals surface area contributed by atoms with Gasteiger partial charge in [0.05, 0.1) is 16.9 Å². The zero-order valence-electron chi connectivity index (χ0n) is 20.6. The van der Waals surface area contributed by atoms with Crippen molar-refractivity contribution in [3.05, 3.63) is 23.3 Å². The molecule has 3 fully saturated rings. The van der Waals surface area contributed by atoms with Gasteiger partial charge in [-0.25, -0.2) is 0 Å². The normalized spacial score (nSPS) is 46.1. The van der Waals surface area contributed by atoms with Gasteiger partial charge in [-0.2, -0.15) is 0 Å².